The first kappa shape index (κ1) is 20.2. The lowest BCUT2D eigenvalue weighted by Gasteiger charge is -2.44. The van der Waals surface area contributed by atoms with Crippen LogP contribution in [0.5, 0.6) is 0 Å². The van der Waals surface area contributed by atoms with Crippen LogP contribution in [-0.2, 0) is 16.0 Å². The van der Waals surface area contributed by atoms with Crippen LogP contribution in [0, 0.1) is 11.8 Å². The molecule has 1 spiro atoms. The number of carbonyl (C=O) groups excluding carboxylic acids is 2. The Kier molecular flexibility index (Phi) is 5.81. The lowest BCUT2D eigenvalue weighted by molar-refractivity contribution is -0.146. The summed E-state index contributed by atoms with van der Waals surface area (Å²) in [5.74, 6) is 0.912. The van der Waals surface area contributed by atoms with Crippen LogP contribution in [0.4, 0.5) is 10.5 Å². The summed E-state index contributed by atoms with van der Waals surface area (Å²) in [5, 5.41) is 6.08. The lowest BCUT2D eigenvalue weighted by atomic mass is 9.80. The topological polar surface area (TPSA) is 70.7 Å². The summed E-state index contributed by atoms with van der Waals surface area (Å²) in [6.45, 7) is 6.33. The van der Waals surface area contributed by atoms with Crippen molar-refractivity contribution in [2.24, 2.45) is 11.8 Å². The van der Waals surface area contributed by atoms with Gasteiger partial charge in [-0.3, -0.25) is 4.79 Å². The second kappa shape index (κ2) is 8.34. The number of nitrogens with zero attached hydrogens (tertiary/aromatic N) is 1. The summed E-state index contributed by atoms with van der Waals surface area (Å²) in [6.07, 6.45) is 5.51. The Bertz CT molecular complexity index is 763. The molecule has 4 rings (SSSR count). The molecule has 0 aromatic heterocycles. The first-order valence-electron chi connectivity index (χ1n) is 11.1. The summed E-state index contributed by atoms with van der Waals surface area (Å²) in [6, 6.07) is 7.94. The van der Waals surface area contributed by atoms with Gasteiger partial charge in [0.25, 0.3) is 0 Å². The third kappa shape index (κ3) is 4.58. The van der Waals surface area contributed by atoms with Crippen LogP contribution in [0.25, 0.3) is 0 Å². The zero-order chi connectivity index (χ0) is 20.4. The van der Waals surface area contributed by atoms with Crippen LogP contribution in [0.3, 0.4) is 0 Å². The number of amides is 3. The molecule has 6 nitrogen and oxygen atoms in total. The molecule has 2 N–H and O–H groups in total. The molecule has 2 heterocycles. The van der Waals surface area contributed by atoms with E-state index in [1.165, 1.54) is 18.4 Å². The maximum Gasteiger partial charge on any atom is 0.321 e. The summed E-state index contributed by atoms with van der Waals surface area (Å²) in [7, 11) is 0. The van der Waals surface area contributed by atoms with Gasteiger partial charge < -0.3 is 20.3 Å². The van der Waals surface area contributed by atoms with Crippen LogP contribution in [0.1, 0.15) is 51.5 Å². The highest BCUT2D eigenvalue weighted by molar-refractivity contribution is 5.89. The van der Waals surface area contributed by atoms with E-state index in [2.05, 4.69) is 30.5 Å². The zero-order valence-electron chi connectivity index (χ0n) is 17.6. The minimum Gasteiger partial charge on any atom is -0.362 e. The number of piperidine rings is 1. The number of aryl methyl sites for hydroxylation is 1. The fourth-order valence-electron chi connectivity index (χ4n) is 4.60. The van der Waals surface area contributed by atoms with Crippen molar-refractivity contribution in [3.05, 3.63) is 29.8 Å². The molecule has 29 heavy (non-hydrogen) atoms. The van der Waals surface area contributed by atoms with E-state index in [0.29, 0.717) is 19.0 Å². The molecule has 1 aliphatic carbocycles. The summed E-state index contributed by atoms with van der Waals surface area (Å²) in [4.78, 5) is 27.1. The summed E-state index contributed by atoms with van der Waals surface area (Å²) < 4.78 is 6.32. The number of urea groups is 1. The van der Waals surface area contributed by atoms with Crippen molar-refractivity contribution in [1.29, 1.82) is 0 Å². The minimum absolute atomic E-state index is 0.0388. The van der Waals surface area contributed by atoms with Gasteiger partial charge in [0.1, 0.15) is 6.10 Å². The highest BCUT2D eigenvalue weighted by Crippen LogP contribution is 2.42. The summed E-state index contributed by atoms with van der Waals surface area (Å²) >= 11 is 0. The maximum absolute atomic E-state index is 12.8. The van der Waals surface area contributed by atoms with Crippen LogP contribution >= 0.6 is 0 Å². The molecule has 2 aliphatic heterocycles. The predicted molar refractivity (Wildman–Crippen MR) is 113 cm³/mol. The molecule has 3 atom stereocenters. The first-order valence-corrected chi connectivity index (χ1v) is 11.1. The molecule has 3 amide bonds. The maximum atomic E-state index is 12.8. The molecule has 1 aromatic rings. The monoisotopic (exact) mass is 399 g/mol. The van der Waals surface area contributed by atoms with Gasteiger partial charge in [-0.2, -0.15) is 0 Å². The van der Waals surface area contributed by atoms with E-state index in [1.54, 1.807) is 0 Å². The molecule has 158 valence electrons. The zero-order valence-corrected chi connectivity index (χ0v) is 17.6. The standard InChI is InChI=1S/C23H33N3O3/c1-3-17-5-4-6-19(13-17)25-22(28)26-12-11-23(16(2)15-26)10-9-20(29-23)21(27)24-14-18-7-8-18/h4-6,13,16,18,20H,3,7-12,14-15H2,1-2H3,(H,24,27)(H,25,28)/t16-,20-,23+/m0/s1. The quantitative estimate of drug-likeness (QED) is 0.795. The number of likely N-dealkylation sites (tertiary alicyclic amines) is 1. The molecule has 3 fully saturated rings. The van der Waals surface area contributed by atoms with Crippen molar-refractivity contribution in [1.82, 2.24) is 10.2 Å². The van der Waals surface area contributed by atoms with E-state index in [0.717, 1.165) is 37.9 Å². The lowest BCUT2D eigenvalue weighted by Crippen LogP contribution is -2.54. The fraction of sp³-hybridized carbons (Fsp3) is 0.652. The van der Waals surface area contributed by atoms with E-state index in [-0.39, 0.29) is 29.6 Å². The van der Waals surface area contributed by atoms with Crippen molar-refractivity contribution in [2.45, 2.75) is 64.1 Å². The van der Waals surface area contributed by atoms with Gasteiger partial charge in [0.05, 0.1) is 5.60 Å². The molecular weight excluding hydrogens is 366 g/mol. The third-order valence-electron chi connectivity index (χ3n) is 6.83. The van der Waals surface area contributed by atoms with E-state index < -0.39 is 0 Å². The predicted octanol–water partition coefficient (Wildman–Crippen LogP) is 3.57. The Labute approximate surface area is 173 Å². The second-order valence-corrected chi connectivity index (χ2v) is 8.98. The van der Waals surface area contributed by atoms with E-state index in [9.17, 15) is 9.59 Å². The van der Waals surface area contributed by atoms with Crippen molar-refractivity contribution < 1.29 is 14.3 Å². The largest absolute Gasteiger partial charge is 0.362 e. The Morgan fingerprint density at radius 1 is 1.24 bits per heavy atom. The van der Waals surface area contributed by atoms with Gasteiger partial charge in [0, 0.05) is 31.2 Å². The average Bonchev–Trinajstić information content (AvgIpc) is 3.46. The number of anilines is 1. The Balaban J connectivity index is 1.30. The number of hydrogen-bond acceptors (Lipinski definition) is 3. The van der Waals surface area contributed by atoms with Gasteiger partial charge in [0.15, 0.2) is 0 Å². The van der Waals surface area contributed by atoms with Crippen LogP contribution in [-0.4, -0.2) is 48.2 Å². The van der Waals surface area contributed by atoms with Crippen molar-refractivity contribution in [3.63, 3.8) is 0 Å². The van der Waals surface area contributed by atoms with Gasteiger partial charge in [0.2, 0.25) is 5.91 Å². The molecule has 0 bridgehead atoms. The third-order valence-corrected chi connectivity index (χ3v) is 6.83. The molecule has 0 unspecified atom stereocenters. The van der Waals surface area contributed by atoms with Gasteiger partial charge in [-0.05, 0) is 62.1 Å². The number of carbonyl (C=O) groups is 2. The number of ether oxygens (including phenoxy) is 1. The molecular formula is C23H33N3O3. The number of benzene rings is 1. The minimum atomic E-state index is -0.339. The van der Waals surface area contributed by atoms with E-state index in [4.69, 9.17) is 4.74 Å². The van der Waals surface area contributed by atoms with Crippen molar-refractivity contribution >= 4 is 17.6 Å². The summed E-state index contributed by atoms with van der Waals surface area (Å²) in [5.41, 5.74) is 1.77. The van der Waals surface area contributed by atoms with Crippen LogP contribution < -0.4 is 10.6 Å². The van der Waals surface area contributed by atoms with Gasteiger partial charge >= 0.3 is 6.03 Å². The van der Waals surface area contributed by atoms with Gasteiger partial charge in [-0.15, -0.1) is 0 Å². The van der Waals surface area contributed by atoms with E-state index >= 15 is 0 Å². The van der Waals surface area contributed by atoms with Crippen LogP contribution in [0.15, 0.2) is 24.3 Å². The van der Waals surface area contributed by atoms with Gasteiger partial charge in [-0.1, -0.05) is 26.0 Å². The molecule has 0 radical (unpaired) electrons. The molecule has 6 heteroatoms. The number of rotatable bonds is 5. The fourth-order valence-corrected chi connectivity index (χ4v) is 4.60. The highest BCUT2D eigenvalue weighted by atomic mass is 16.5. The molecule has 1 saturated carbocycles. The Morgan fingerprint density at radius 3 is 2.79 bits per heavy atom. The molecule has 3 aliphatic rings. The molecule has 2 saturated heterocycles. The average molecular weight is 400 g/mol. The highest BCUT2D eigenvalue weighted by Gasteiger charge is 2.49. The van der Waals surface area contributed by atoms with Gasteiger partial charge in [-0.25, -0.2) is 4.79 Å². The number of hydrogen-bond donors (Lipinski definition) is 2. The van der Waals surface area contributed by atoms with Crippen LogP contribution in [0.2, 0.25) is 0 Å². The van der Waals surface area contributed by atoms with Crippen molar-refractivity contribution in [2.75, 3.05) is 25.0 Å². The SMILES string of the molecule is CCc1cccc(NC(=O)N2CC[C@]3(CC[C@@H](C(=O)NCC4CC4)O3)[C@@H](C)C2)c1. The number of nitrogens with one attached hydrogen (secondary N) is 2. The van der Waals surface area contributed by atoms with Crippen molar-refractivity contribution in [3.8, 4) is 0 Å². The second-order valence-electron chi connectivity index (χ2n) is 8.98. The van der Waals surface area contributed by atoms with E-state index in [1.807, 2.05) is 23.1 Å². The Hall–Kier alpha value is -2.08. The molecule has 1 aromatic carbocycles. The Morgan fingerprint density at radius 2 is 2.07 bits per heavy atom. The first-order chi connectivity index (χ1) is 14.0. The normalized spacial score (nSPS) is 29.1. The smallest absolute Gasteiger partial charge is 0.321 e.